The second-order valence-electron chi connectivity index (χ2n) is 6.01. The van der Waals surface area contributed by atoms with Gasteiger partial charge in [-0.15, -0.1) is 0 Å². The summed E-state index contributed by atoms with van der Waals surface area (Å²) in [4.78, 5) is 43.6. The van der Waals surface area contributed by atoms with E-state index in [9.17, 15) is 29.8 Å². The van der Waals surface area contributed by atoms with Crippen molar-refractivity contribution in [1.82, 2.24) is 0 Å². The molecule has 0 bridgehead atoms. The molecule has 0 atom stereocenters. The maximum absolute atomic E-state index is 11.7. The zero-order valence-corrected chi connectivity index (χ0v) is 14.7. The summed E-state index contributed by atoms with van der Waals surface area (Å²) in [6, 6.07) is 2.24. The van der Waals surface area contributed by atoms with E-state index in [-0.39, 0.29) is 43.1 Å². The molecule has 0 fully saturated rings. The third-order valence-electron chi connectivity index (χ3n) is 3.32. The van der Waals surface area contributed by atoms with Crippen molar-refractivity contribution in [3.8, 4) is 0 Å². The molecule has 0 aromatic heterocycles. The average Bonchev–Trinajstić information content (AvgIpc) is 2.56. The van der Waals surface area contributed by atoms with Crippen LogP contribution in [-0.2, 0) is 25.7 Å². The minimum Gasteiger partial charge on any atom is -0.465 e. The Labute approximate surface area is 149 Å². The normalized spacial score (nSPS) is 10.5. The minimum absolute atomic E-state index is 0.0806. The van der Waals surface area contributed by atoms with E-state index in [1.807, 2.05) is 13.8 Å². The van der Waals surface area contributed by atoms with E-state index in [0.717, 1.165) is 12.1 Å². The lowest BCUT2D eigenvalue weighted by Gasteiger charge is -2.08. The first-order valence-electron chi connectivity index (χ1n) is 7.85. The van der Waals surface area contributed by atoms with Crippen LogP contribution >= 0.6 is 0 Å². The first-order valence-corrected chi connectivity index (χ1v) is 7.85. The Balaban J connectivity index is 2.66. The topological polar surface area (TPSA) is 139 Å². The summed E-state index contributed by atoms with van der Waals surface area (Å²) in [5, 5.41) is 22.0. The Bertz CT molecular complexity index is 679. The largest absolute Gasteiger partial charge is 0.465 e. The second kappa shape index (κ2) is 9.44. The van der Waals surface area contributed by atoms with Crippen molar-refractivity contribution in [3.63, 3.8) is 0 Å². The highest BCUT2D eigenvalue weighted by atomic mass is 16.6. The predicted molar refractivity (Wildman–Crippen MR) is 89.3 cm³/mol. The molecule has 1 aromatic carbocycles. The lowest BCUT2D eigenvalue weighted by Crippen LogP contribution is -2.13. The third kappa shape index (κ3) is 6.46. The van der Waals surface area contributed by atoms with Gasteiger partial charge in [0.25, 0.3) is 11.4 Å². The highest BCUT2D eigenvalue weighted by molar-refractivity contribution is 5.77. The monoisotopic (exact) mass is 368 g/mol. The molecule has 10 nitrogen and oxygen atoms in total. The summed E-state index contributed by atoms with van der Waals surface area (Å²) in [6.45, 7) is 4.91. The van der Waals surface area contributed by atoms with Gasteiger partial charge in [-0.3, -0.25) is 29.8 Å². The van der Waals surface area contributed by atoms with Crippen LogP contribution in [0.1, 0.15) is 37.8 Å². The molecule has 0 aliphatic rings. The maximum Gasteiger partial charge on any atom is 0.306 e. The smallest absolute Gasteiger partial charge is 0.306 e. The second-order valence-corrected chi connectivity index (χ2v) is 6.01. The Morgan fingerprint density at radius 3 is 1.88 bits per heavy atom. The number of esters is 2. The van der Waals surface area contributed by atoms with Gasteiger partial charge in [-0.25, -0.2) is 0 Å². The fourth-order valence-electron chi connectivity index (χ4n) is 1.98. The summed E-state index contributed by atoms with van der Waals surface area (Å²) in [6.07, 6.45) is -0.368. The number of nitro benzene ring substituents is 2. The van der Waals surface area contributed by atoms with Gasteiger partial charge in [0.15, 0.2) is 0 Å². The van der Waals surface area contributed by atoms with E-state index in [4.69, 9.17) is 9.47 Å². The number of benzene rings is 1. The van der Waals surface area contributed by atoms with Crippen molar-refractivity contribution in [1.29, 1.82) is 0 Å². The van der Waals surface area contributed by atoms with Crippen LogP contribution in [-0.4, -0.2) is 28.4 Å². The lowest BCUT2D eigenvalue weighted by molar-refractivity contribution is -0.395. The van der Waals surface area contributed by atoms with Crippen LogP contribution in [0.15, 0.2) is 12.1 Å². The van der Waals surface area contributed by atoms with Crippen molar-refractivity contribution in [2.75, 3.05) is 6.61 Å². The Morgan fingerprint density at radius 2 is 1.46 bits per heavy atom. The number of nitro groups is 2. The highest BCUT2D eigenvalue weighted by Crippen LogP contribution is 2.29. The number of rotatable bonds is 9. The van der Waals surface area contributed by atoms with Crippen LogP contribution in [0.3, 0.4) is 0 Å². The van der Waals surface area contributed by atoms with Crippen LogP contribution in [0, 0.1) is 33.1 Å². The third-order valence-corrected chi connectivity index (χ3v) is 3.32. The molecular formula is C16H20N2O8. The molecule has 0 aliphatic carbocycles. The number of ether oxygens (including phenoxy) is 2. The predicted octanol–water partition coefficient (Wildman–Crippen LogP) is 2.83. The summed E-state index contributed by atoms with van der Waals surface area (Å²) >= 11 is 0. The molecule has 0 saturated heterocycles. The van der Waals surface area contributed by atoms with Gasteiger partial charge in [-0.05, 0) is 12.8 Å². The zero-order valence-electron chi connectivity index (χ0n) is 14.7. The first kappa shape index (κ1) is 21.0. The van der Waals surface area contributed by atoms with E-state index in [2.05, 4.69) is 0 Å². The molecule has 0 heterocycles. The van der Waals surface area contributed by atoms with Crippen LogP contribution < -0.4 is 0 Å². The molecule has 0 N–H and O–H groups in total. The van der Waals surface area contributed by atoms with Gasteiger partial charge in [0.2, 0.25) is 0 Å². The molecule has 0 amide bonds. The molecule has 0 unspecified atom stereocenters. The summed E-state index contributed by atoms with van der Waals surface area (Å²) < 4.78 is 9.84. The van der Waals surface area contributed by atoms with Gasteiger partial charge in [-0.1, -0.05) is 13.8 Å². The number of carbonyl (C=O) groups excluding carboxylic acids is 2. The number of carbonyl (C=O) groups is 2. The van der Waals surface area contributed by atoms with Gasteiger partial charge >= 0.3 is 11.9 Å². The lowest BCUT2D eigenvalue weighted by atomic mass is 10.1. The number of nitrogens with zero attached hydrogens (tertiary/aromatic N) is 2. The van der Waals surface area contributed by atoms with Crippen molar-refractivity contribution >= 4 is 23.3 Å². The maximum atomic E-state index is 11.7. The van der Waals surface area contributed by atoms with E-state index in [1.165, 1.54) is 6.92 Å². The van der Waals surface area contributed by atoms with Crippen molar-refractivity contribution < 1.29 is 28.9 Å². The summed E-state index contributed by atoms with van der Waals surface area (Å²) in [5.74, 6) is -1.06. The standard InChI is InChI=1S/C16H20N2O8/c1-10(2)8-25-15(19)4-5-16(20)26-9-12-6-13(17(21)22)11(3)14(7-12)18(23)24/h6-7,10H,4-5,8-9H2,1-3H3. The quantitative estimate of drug-likeness (QED) is 0.368. The van der Waals surface area contributed by atoms with Gasteiger partial charge in [0, 0.05) is 17.7 Å². The zero-order chi connectivity index (χ0) is 19.9. The fraction of sp³-hybridized carbons (Fsp3) is 0.500. The van der Waals surface area contributed by atoms with Crippen LogP contribution in [0.25, 0.3) is 0 Å². The van der Waals surface area contributed by atoms with Crippen molar-refractivity contribution in [2.24, 2.45) is 5.92 Å². The molecule has 0 saturated carbocycles. The SMILES string of the molecule is Cc1c([N+](=O)[O-])cc(COC(=O)CCC(=O)OCC(C)C)cc1[N+](=O)[O-]. The fourth-order valence-corrected chi connectivity index (χ4v) is 1.98. The Hall–Kier alpha value is -3.04. The molecule has 26 heavy (non-hydrogen) atoms. The molecule has 0 spiro atoms. The average molecular weight is 368 g/mol. The minimum atomic E-state index is -0.738. The summed E-state index contributed by atoms with van der Waals surface area (Å²) in [5.41, 5.74) is -0.822. The van der Waals surface area contributed by atoms with Gasteiger partial charge in [0.1, 0.15) is 12.2 Å². The van der Waals surface area contributed by atoms with Gasteiger partial charge in [-0.2, -0.15) is 0 Å². The molecule has 0 radical (unpaired) electrons. The summed E-state index contributed by atoms with van der Waals surface area (Å²) in [7, 11) is 0. The molecule has 0 aliphatic heterocycles. The van der Waals surface area contributed by atoms with E-state index in [1.54, 1.807) is 0 Å². The van der Waals surface area contributed by atoms with Gasteiger partial charge in [0.05, 0.1) is 29.3 Å². The van der Waals surface area contributed by atoms with E-state index < -0.39 is 33.2 Å². The molecular weight excluding hydrogens is 348 g/mol. The molecule has 10 heteroatoms. The number of hydrogen-bond acceptors (Lipinski definition) is 8. The van der Waals surface area contributed by atoms with Crippen molar-refractivity contribution in [2.45, 2.75) is 40.2 Å². The first-order chi connectivity index (χ1) is 12.1. The molecule has 1 rings (SSSR count). The Morgan fingerprint density at radius 1 is 1.00 bits per heavy atom. The van der Waals surface area contributed by atoms with E-state index in [0.29, 0.717) is 0 Å². The molecule has 1 aromatic rings. The van der Waals surface area contributed by atoms with Crippen LogP contribution in [0.2, 0.25) is 0 Å². The number of hydrogen-bond donors (Lipinski definition) is 0. The highest BCUT2D eigenvalue weighted by Gasteiger charge is 2.23. The van der Waals surface area contributed by atoms with Crippen LogP contribution in [0.4, 0.5) is 11.4 Å². The van der Waals surface area contributed by atoms with Crippen molar-refractivity contribution in [3.05, 3.63) is 43.5 Å². The van der Waals surface area contributed by atoms with E-state index >= 15 is 0 Å². The van der Waals surface area contributed by atoms with Gasteiger partial charge < -0.3 is 9.47 Å². The Kier molecular flexibility index (Phi) is 7.63. The molecule has 142 valence electrons. The van der Waals surface area contributed by atoms with Crippen LogP contribution in [0.5, 0.6) is 0 Å².